The predicted molar refractivity (Wildman–Crippen MR) is 45.6 cm³/mol. The minimum Gasteiger partial charge on any atom is -0.454 e. The van der Waals surface area contributed by atoms with Crippen molar-refractivity contribution in [2.75, 3.05) is 6.61 Å². The zero-order valence-corrected chi connectivity index (χ0v) is 7.35. The van der Waals surface area contributed by atoms with Crippen molar-refractivity contribution in [2.24, 2.45) is 0 Å². The van der Waals surface area contributed by atoms with Crippen LogP contribution in [0.5, 0.6) is 0 Å². The van der Waals surface area contributed by atoms with Gasteiger partial charge in [-0.1, -0.05) is 13.2 Å². The van der Waals surface area contributed by atoms with Crippen LogP contribution in [-0.4, -0.2) is 18.4 Å². The Morgan fingerprint density at radius 2 is 1.67 bits per heavy atom. The second kappa shape index (κ2) is 4.49. The van der Waals surface area contributed by atoms with Gasteiger partial charge in [0.1, 0.15) is 0 Å². The first-order valence-corrected chi connectivity index (χ1v) is 3.46. The first-order chi connectivity index (χ1) is 5.45. The van der Waals surface area contributed by atoms with E-state index in [0.717, 1.165) is 0 Å². The molecule has 0 aromatic carbocycles. The van der Waals surface area contributed by atoms with E-state index in [1.165, 1.54) is 6.92 Å². The van der Waals surface area contributed by atoms with Gasteiger partial charge in [-0.3, -0.25) is 4.79 Å². The van der Waals surface area contributed by atoms with Gasteiger partial charge in [-0.15, -0.1) is 0 Å². The van der Waals surface area contributed by atoms with E-state index in [0.29, 0.717) is 5.57 Å². The van der Waals surface area contributed by atoms with Gasteiger partial charge in [0.05, 0.1) is 0 Å². The fourth-order valence-corrected chi connectivity index (χ4v) is 0.377. The fourth-order valence-electron chi connectivity index (χ4n) is 0.377. The number of ketones is 1. The molecule has 0 heterocycles. The molecule has 0 spiro atoms. The second-order valence-electron chi connectivity index (χ2n) is 2.56. The average molecular weight is 168 g/mol. The average Bonchev–Trinajstić information content (AvgIpc) is 1.98. The lowest BCUT2D eigenvalue weighted by Gasteiger charge is -2.02. The van der Waals surface area contributed by atoms with Crippen molar-refractivity contribution in [2.45, 2.75) is 13.8 Å². The summed E-state index contributed by atoms with van der Waals surface area (Å²) in [7, 11) is 0. The highest BCUT2D eigenvalue weighted by Gasteiger charge is 2.07. The quantitative estimate of drug-likeness (QED) is 0.468. The van der Waals surface area contributed by atoms with Gasteiger partial charge in [-0.2, -0.15) is 0 Å². The summed E-state index contributed by atoms with van der Waals surface area (Å²) >= 11 is 0. The summed E-state index contributed by atoms with van der Waals surface area (Å²) in [5, 5.41) is 0. The number of esters is 1. The Kier molecular flexibility index (Phi) is 3.97. The maximum atomic E-state index is 10.9. The normalized spacial score (nSPS) is 8.83. The van der Waals surface area contributed by atoms with Gasteiger partial charge in [0.15, 0.2) is 12.4 Å². The fraction of sp³-hybridized carbons (Fsp3) is 0.333. The highest BCUT2D eigenvalue weighted by molar-refractivity contribution is 5.97. The number of hydrogen-bond acceptors (Lipinski definition) is 3. The Labute approximate surface area is 71.7 Å². The molecule has 0 amide bonds. The summed E-state index contributed by atoms with van der Waals surface area (Å²) < 4.78 is 4.58. The second-order valence-corrected chi connectivity index (χ2v) is 2.56. The molecule has 0 fully saturated rings. The van der Waals surface area contributed by atoms with Gasteiger partial charge in [0, 0.05) is 5.57 Å². The molecule has 0 N–H and O–H groups in total. The molecule has 0 aromatic rings. The summed E-state index contributed by atoms with van der Waals surface area (Å²) in [5.41, 5.74) is 0.661. The molecule has 0 bridgehead atoms. The molecule has 3 heteroatoms. The van der Waals surface area contributed by atoms with Crippen molar-refractivity contribution in [1.82, 2.24) is 0 Å². The molecule has 0 atom stereocenters. The topological polar surface area (TPSA) is 43.4 Å². The minimum atomic E-state index is -0.551. The molecule has 0 rings (SSSR count). The van der Waals surface area contributed by atoms with Gasteiger partial charge in [0.2, 0.25) is 0 Å². The van der Waals surface area contributed by atoms with Crippen molar-refractivity contribution < 1.29 is 14.3 Å². The molecule has 0 aliphatic heterocycles. The van der Waals surface area contributed by atoms with Gasteiger partial charge in [-0.05, 0) is 19.4 Å². The third-order valence-corrected chi connectivity index (χ3v) is 1.16. The van der Waals surface area contributed by atoms with Crippen LogP contribution in [-0.2, 0) is 14.3 Å². The van der Waals surface area contributed by atoms with Crippen LogP contribution < -0.4 is 0 Å². The monoisotopic (exact) mass is 168 g/mol. The number of carbonyl (C=O) groups excluding carboxylic acids is 2. The third kappa shape index (κ3) is 3.71. The van der Waals surface area contributed by atoms with Crippen LogP contribution in [0, 0.1) is 0 Å². The van der Waals surface area contributed by atoms with E-state index in [-0.39, 0.29) is 18.0 Å². The zero-order valence-electron chi connectivity index (χ0n) is 7.35. The van der Waals surface area contributed by atoms with Crippen LogP contribution in [0.2, 0.25) is 0 Å². The van der Waals surface area contributed by atoms with Gasteiger partial charge in [-0.25, -0.2) is 4.79 Å². The Morgan fingerprint density at radius 1 is 1.17 bits per heavy atom. The van der Waals surface area contributed by atoms with Gasteiger partial charge >= 0.3 is 5.97 Å². The molecule has 0 aliphatic carbocycles. The van der Waals surface area contributed by atoms with E-state index in [4.69, 9.17) is 0 Å². The summed E-state index contributed by atoms with van der Waals surface area (Å²) in [5.74, 6) is -0.825. The predicted octanol–water partition coefficient (Wildman–Crippen LogP) is 1.25. The summed E-state index contributed by atoms with van der Waals surface area (Å²) in [6, 6.07) is 0. The Balaban J connectivity index is 3.85. The standard InChI is InChI=1S/C9H12O3/c1-6(2)8(10)5-12-9(11)7(3)4/h1,3,5H2,2,4H3. The number of Topliss-reactive ketones (excluding diaryl/α,β-unsaturated/α-hetero) is 1. The highest BCUT2D eigenvalue weighted by atomic mass is 16.5. The molecule has 0 aliphatic rings. The van der Waals surface area contributed by atoms with Crippen LogP contribution in [0.15, 0.2) is 24.3 Å². The summed E-state index contributed by atoms with van der Waals surface area (Å²) in [4.78, 5) is 21.6. The van der Waals surface area contributed by atoms with E-state index < -0.39 is 5.97 Å². The van der Waals surface area contributed by atoms with E-state index in [9.17, 15) is 9.59 Å². The largest absolute Gasteiger partial charge is 0.454 e. The number of carbonyl (C=O) groups is 2. The number of ether oxygens (including phenoxy) is 1. The van der Waals surface area contributed by atoms with Crippen LogP contribution in [0.3, 0.4) is 0 Å². The van der Waals surface area contributed by atoms with E-state index >= 15 is 0 Å². The van der Waals surface area contributed by atoms with E-state index in [1.54, 1.807) is 6.92 Å². The van der Waals surface area contributed by atoms with Crippen molar-refractivity contribution >= 4 is 11.8 Å². The maximum Gasteiger partial charge on any atom is 0.333 e. The van der Waals surface area contributed by atoms with E-state index in [2.05, 4.69) is 17.9 Å². The van der Waals surface area contributed by atoms with Crippen LogP contribution in [0.25, 0.3) is 0 Å². The van der Waals surface area contributed by atoms with Gasteiger partial charge in [0.25, 0.3) is 0 Å². The molecule has 0 aromatic heterocycles. The molecule has 0 radical (unpaired) electrons. The molecular formula is C9H12O3. The van der Waals surface area contributed by atoms with Crippen LogP contribution >= 0.6 is 0 Å². The SMILES string of the molecule is C=C(C)C(=O)COC(=O)C(=C)C. The molecule has 66 valence electrons. The zero-order chi connectivity index (χ0) is 9.72. The Hall–Kier alpha value is -1.38. The first kappa shape index (κ1) is 10.6. The Morgan fingerprint density at radius 3 is 2.00 bits per heavy atom. The Bertz CT molecular complexity index is 212. The number of hydrogen-bond donors (Lipinski definition) is 0. The molecule has 0 saturated carbocycles. The molecule has 0 saturated heterocycles. The highest BCUT2D eigenvalue weighted by Crippen LogP contribution is 1.95. The number of rotatable bonds is 4. The lowest BCUT2D eigenvalue weighted by molar-refractivity contribution is -0.143. The molecule has 3 nitrogen and oxygen atoms in total. The third-order valence-electron chi connectivity index (χ3n) is 1.16. The van der Waals surface area contributed by atoms with Crippen LogP contribution in [0.4, 0.5) is 0 Å². The summed E-state index contributed by atoms with van der Waals surface area (Å²) in [6.45, 7) is 9.62. The van der Waals surface area contributed by atoms with Crippen molar-refractivity contribution in [3.63, 3.8) is 0 Å². The summed E-state index contributed by atoms with van der Waals surface area (Å²) in [6.07, 6.45) is 0. The molecular weight excluding hydrogens is 156 g/mol. The van der Waals surface area contributed by atoms with Crippen molar-refractivity contribution in [1.29, 1.82) is 0 Å². The molecule has 12 heavy (non-hydrogen) atoms. The van der Waals surface area contributed by atoms with E-state index in [1.807, 2.05) is 0 Å². The first-order valence-electron chi connectivity index (χ1n) is 3.46. The lowest BCUT2D eigenvalue weighted by Crippen LogP contribution is -2.14. The molecule has 0 unspecified atom stereocenters. The maximum absolute atomic E-state index is 10.9. The van der Waals surface area contributed by atoms with Crippen molar-refractivity contribution in [3.8, 4) is 0 Å². The minimum absolute atomic E-state index is 0.249. The van der Waals surface area contributed by atoms with Crippen molar-refractivity contribution in [3.05, 3.63) is 24.3 Å². The van der Waals surface area contributed by atoms with Crippen LogP contribution in [0.1, 0.15) is 13.8 Å². The smallest absolute Gasteiger partial charge is 0.333 e. The van der Waals surface area contributed by atoms with Gasteiger partial charge < -0.3 is 4.74 Å². The lowest BCUT2D eigenvalue weighted by atomic mass is 10.2.